The van der Waals surface area contributed by atoms with E-state index < -0.39 is 0 Å². The third-order valence-corrected chi connectivity index (χ3v) is 3.79. The second kappa shape index (κ2) is 7.07. The van der Waals surface area contributed by atoms with Crippen molar-refractivity contribution in [2.75, 3.05) is 11.1 Å². The van der Waals surface area contributed by atoms with Crippen LogP contribution in [0.5, 0.6) is 0 Å². The van der Waals surface area contributed by atoms with Gasteiger partial charge in [0.15, 0.2) is 0 Å². The van der Waals surface area contributed by atoms with Crippen LogP contribution in [0.2, 0.25) is 0 Å². The lowest BCUT2D eigenvalue weighted by atomic mass is 10.1. The molecule has 0 bridgehead atoms. The number of hydrogen-bond donors (Lipinski definition) is 2. The molecule has 2 aromatic rings. The Labute approximate surface area is 122 Å². The molecule has 0 aliphatic carbocycles. The molecule has 0 atom stereocenters. The molecule has 104 valence electrons. The molecule has 1 heterocycles. The zero-order chi connectivity index (χ0) is 14.4. The van der Waals surface area contributed by atoms with Gasteiger partial charge < -0.3 is 10.4 Å². The van der Waals surface area contributed by atoms with Gasteiger partial charge in [0, 0.05) is 23.0 Å². The van der Waals surface area contributed by atoms with E-state index in [2.05, 4.69) is 10.3 Å². The van der Waals surface area contributed by atoms with Crippen LogP contribution in [0.3, 0.4) is 0 Å². The van der Waals surface area contributed by atoms with Gasteiger partial charge in [0.2, 0.25) is 5.91 Å². The lowest BCUT2D eigenvalue weighted by Gasteiger charge is -2.09. The molecule has 5 heteroatoms. The summed E-state index contributed by atoms with van der Waals surface area (Å²) >= 11 is 1.46. The molecule has 1 aromatic carbocycles. The number of pyridine rings is 1. The van der Waals surface area contributed by atoms with E-state index in [1.165, 1.54) is 11.8 Å². The molecular weight excluding hydrogens is 272 g/mol. The molecule has 1 aromatic heterocycles. The Morgan fingerprint density at radius 3 is 2.75 bits per heavy atom. The van der Waals surface area contributed by atoms with E-state index in [0.29, 0.717) is 5.75 Å². The SMILES string of the molecule is Cc1ccc(CO)cc1NC(=O)CSc1ccncc1. The van der Waals surface area contributed by atoms with E-state index in [0.717, 1.165) is 21.7 Å². The minimum atomic E-state index is -0.0648. The molecule has 0 spiro atoms. The fourth-order valence-electron chi connectivity index (χ4n) is 1.67. The number of anilines is 1. The van der Waals surface area contributed by atoms with Gasteiger partial charge in [0.05, 0.1) is 12.4 Å². The third-order valence-electron chi connectivity index (χ3n) is 2.78. The predicted molar refractivity (Wildman–Crippen MR) is 80.7 cm³/mol. The van der Waals surface area contributed by atoms with E-state index in [-0.39, 0.29) is 12.5 Å². The van der Waals surface area contributed by atoms with E-state index in [1.807, 2.05) is 31.2 Å². The van der Waals surface area contributed by atoms with Crippen molar-refractivity contribution < 1.29 is 9.90 Å². The van der Waals surface area contributed by atoms with Crippen molar-refractivity contribution >= 4 is 23.4 Å². The molecule has 0 aliphatic heterocycles. The van der Waals surface area contributed by atoms with Crippen molar-refractivity contribution in [1.82, 2.24) is 4.98 Å². The van der Waals surface area contributed by atoms with E-state index in [9.17, 15) is 4.79 Å². The largest absolute Gasteiger partial charge is 0.392 e. The Morgan fingerprint density at radius 2 is 2.05 bits per heavy atom. The molecule has 0 saturated carbocycles. The Balaban J connectivity index is 1.94. The smallest absolute Gasteiger partial charge is 0.234 e. The number of rotatable bonds is 5. The fraction of sp³-hybridized carbons (Fsp3) is 0.200. The van der Waals surface area contributed by atoms with Gasteiger partial charge in [-0.3, -0.25) is 9.78 Å². The van der Waals surface area contributed by atoms with Gasteiger partial charge in [-0.1, -0.05) is 12.1 Å². The standard InChI is InChI=1S/C15H16N2O2S/c1-11-2-3-12(9-18)8-14(11)17-15(19)10-20-13-4-6-16-7-5-13/h2-8,18H,9-10H2,1H3,(H,17,19). The number of thioether (sulfide) groups is 1. The quantitative estimate of drug-likeness (QED) is 0.830. The van der Waals surface area contributed by atoms with Crippen LogP contribution in [0, 0.1) is 6.92 Å². The first-order valence-electron chi connectivity index (χ1n) is 6.22. The monoisotopic (exact) mass is 288 g/mol. The predicted octanol–water partition coefficient (Wildman–Crippen LogP) is 2.61. The van der Waals surface area contributed by atoms with Crippen molar-refractivity contribution in [1.29, 1.82) is 0 Å². The average molecular weight is 288 g/mol. The van der Waals surface area contributed by atoms with Crippen molar-refractivity contribution in [3.8, 4) is 0 Å². The van der Waals surface area contributed by atoms with Crippen molar-refractivity contribution in [3.05, 3.63) is 53.9 Å². The maximum atomic E-state index is 11.9. The Kier molecular flexibility index (Phi) is 5.15. The van der Waals surface area contributed by atoms with Gasteiger partial charge in [0.25, 0.3) is 0 Å². The molecule has 0 aliphatic rings. The fourth-order valence-corrected chi connectivity index (χ4v) is 2.36. The number of nitrogens with one attached hydrogen (secondary N) is 1. The maximum absolute atomic E-state index is 11.9. The van der Waals surface area contributed by atoms with Crippen LogP contribution < -0.4 is 5.32 Å². The van der Waals surface area contributed by atoms with Crippen molar-refractivity contribution in [2.45, 2.75) is 18.4 Å². The summed E-state index contributed by atoms with van der Waals surface area (Å²) in [7, 11) is 0. The van der Waals surface area contributed by atoms with Gasteiger partial charge in [-0.2, -0.15) is 0 Å². The maximum Gasteiger partial charge on any atom is 0.234 e. The second-order valence-corrected chi connectivity index (χ2v) is 5.38. The van der Waals surface area contributed by atoms with E-state index in [4.69, 9.17) is 5.11 Å². The lowest BCUT2D eigenvalue weighted by Crippen LogP contribution is -2.15. The number of carbonyl (C=O) groups excluding carboxylic acids is 1. The Bertz CT molecular complexity index is 588. The number of aryl methyl sites for hydroxylation is 1. The Hall–Kier alpha value is -1.85. The molecule has 1 amide bonds. The summed E-state index contributed by atoms with van der Waals surface area (Å²) in [5, 5.41) is 12.0. The zero-order valence-corrected chi connectivity index (χ0v) is 12.0. The molecule has 0 fully saturated rings. The van der Waals surface area contributed by atoms with Gasteiger partial charge in [0.1, 0.15) is 0 Å². The number of aliphatic hydroxyl groups is 1. The average Bonchev–Trinajstić information content (AvgIpc) is 2.48. The van der Waals surface area contributed by atoms with Crippen LogP contribution in [0.15, 0.2) is 47.6 Å². The van der Waals surface area contributed by atoms with Crippen LogP contribution >= 0.6 is 11.8 Å². The first kappa shape index (κ1) is 14.6. The summed E-state index contributed by atoms with van der Waals surface area (Å²) < 4.78 is 0. The number of nitrogens with zero attached hydrogens (tertiary/aromatic N) is 1. The van der Waals surface area contributed by atoms with E-state index >= 15 is 0 Å². The number of aliphatic hydroxyl groups excluding tert-OH is 1. The lowest BCUT2D eigenvalue weighted by molar-refractivity contribution is -0.113. The molecule has 0 unspecified atom stereocenters. The van der Waals surface area contributed by atoms with Crippen LogP contribution in [0.4, 0.5) is 5.69 Å². The third kappa shape index (κ3) is 4.08. The first-order chi connectivity index (χ1) is 9.69. The molecule has 4 nitrogen and oxygen atoms in total. The molecule has 20 heavy (non-hydrogen) atoms. The normalized spacial score (nSPS) is 10.3. The Morgan fingerprint density at radius 1 is 1.30 bits per heavy atom. The summed E-state index contributed by atoms with van der Waals surface area (Å²) in [5.74, 6) is 0.275. The number of hydrogen-bond acceptors (Lipinski definition) is 4. The number of benzene rings is 1. The zero-order valence-electron chi connectivity index (χ0n) is 11.2. The molecule has 0 saturated heterocycles. The highest BCUT2D eigenvalue weighted by atomic mass is 32.2. The number of amides is 1. The summed E-state index contributed by atoms with van der Waals surface area (Å²) in [4.78, 5) is 16.9. The topological polar surface area (TPSA) is 62.2 Å². The molecule has 2 rings (SSSR count). The van der Waals surface area contributed by atoms with Crippen LogP contribution in [0.25, 0.3) is 0 Å². The number of carbonyl (C=O) groups is 1. The van der Waals surface area contributed by atoms with Crippen LogP contribution in [-0.4, -0.2) is 21.8 Å². The van der Waals surface area contributed by atoms with Gasteiger partial charge in [-0.25, -0.2) is 0 Å². The molecule has 2 N–H and O–H groups in total. The minimum absolute atomic E-state index is 0.0328. The second-order valence-electron chi connectivity index (χ2n) is 4.33. The summed E-state index contributed by atoms with van der Waals surface area (Å²) in [5.41, 5.74) is 2.51. The van der Waals surface area contributed by atoms with Gasteiger partial charge in [-0.15, -0.1) is 11.8 Å². The van der Waals surface area contributed by atoms with Crippen LogP contribution in [0.1, 0.15) is 11.1 Å². The molecular formula is C15H16N2O2S. The highest BCUT2D eigenvalue weighted by Gasteiger charge is 2.06. The summed E-state index contributed by atoms with van der Waals surface area (Å²) in [6.45, 7) is 1.89. The van der Waals surface area contributed by atoms with Crippen molar-refractivity contribution in [2.24, 2.45) is 0 Å². The van der Waals surface area contributed by atoms with E-state index in [1.54, 1.807) is 18.5 Å². The molecule has 0 radical (unpaired) electrons. The van der Waals surface area contributed by atoms with Crippen LogP contribution in [-0.2, 0) is 11.4 Å². The summed E-state index contributed by atoms with van der Waals surface area (Å²) in [6, 6.07) is 9.27. The highest BCUT2D eigenvalue weighted by Crippen LogP contribution is 2.19. The van der Waals surface area contributed by atoms with Gasteiger partial charge in [-0.05, 0) is 36.2 Å². The van der Waals surface area contributed by atoms with Gasteiger partial charge >= 0.3 is 0 Å². The highest BCUT2D eigenvalue weighted by molar-refractivity contribution is 8.00. The minimum Gasteiger partial charge on any atom is -0.392 e. The van der Waals surface area contributed by atoms with Crippen molar-refractivity contribution in [3.63, 3.8) is 0 Å². The first-order valence-corrected chi connectivity index (χ1v) is 7.20. The number of aromatic nitrogens is 1. The summed E-state index contributed by atoms with van der Waals surface area (Å²) in [6.07, 6.45) is 3.41.